The number of rotatable bonds is 8. The molecule has 5 rings (SSSR count). The number of carbonyl (C=O) groups excluding carboxylic acids is 1. The largest absolute Gasteiger partial charge is 0.497 e. The number of carbonyl (C=O) groups is 1. The number of likely N-dealkylation sites (tertiary alicyclic amines) is 1. The van der Waals surface area contributed by atoms with Gasteiger partial charge in [0.1, 0.15) is 16.4 Å². The van der Waals surface area contributed by atoms with E-state index in [0.29, 0.717) is 50.9 Å². The number of halogens is 1. The quantitative estimate of drug-likeness (QED) is 0.538. The number of ether oxygens (including phenoxy) is 2. The third-order valence-electron chi connectivity index (χ3n) is 7.71. The molecule has 1 aromatic carbocycles. The lowest BCUT2D eigenvalue weighted by Gasteiger charge is -2.36. The molecule has 2 N–H and O–H groups in total. The van der Waals surface area contributed by atoms with Crippen LogP contribution < -0.4 is 15.4 Å². The molecule has 0 radical (unpaired) electrons. The summed E-state index contributed by atoms with van der Waals surface area (Å²) < 4.78 is 26.4. The number of amides is 1. The predicted molar refractivity (Wildman–Crippen MR) is 140 cm³/mol. The molecule has 36 heavy (non-hydrogen) atoms. The molecular formula is C27H37FN4O3S. The van der Waals surface area contributed by atoms with Crippen molar-refractivity contribution in [3.05, 3.63) is 34.8 Å². The van der Waals surface area contributed by atoms with E-state index in [1.807, 2.05) is 18.3 Å². The summed E-state index contributed by atoms with van der Waals surface area (Å²) in [6.45, 7) is 5.64. The second-order valence-corrected chi connectivity index (χ2v) is 11.6. The van der Waals surface area contributed by atoms with Gasteiger partial charge in [0.05, 0.1) is 13.7 Å². The number of benzene rings is 1. The Morgan fingerprint density at radius 2 is 2.06 bits per heavy atom. The molecule has 9 heteroatoms. The van der Waals surface area contributed by atoms with E-state index in [4.69, 9.17) is 9.47 Å². The third kappa shape index (κ3) is 6.18. The topological polar surface area (TPSA) is 75.7 Å². The molecule has 2 aromatic rings. The van der Waals surface area contributed by atoms with Crippen molar-refractivity contribution in [1.29, 1.82) is 0 Å². The molecule has 3 fully saturated rings. The zero-order chi connectivity index (χ0) is 25.1. The Labute approximate surface area is 216 Å². The Kier molecular flexibility index (Phi) is 7.79. The number of aromatic nitrogens is 1. The maximum absolute atomic E-state index is 15.5. The van der Waals surface area contributed by atoms with Crippen molar-refractivity contribution in [2.45, 2.75) is 56.7 Å². The van der Waals surface area contributed by atoms with E-state index in [0.717, 1.165) is 54.2 Å². The fourth-order valence-corrected chi connectivity index (χ4v) is 6.31. The summed E-state index contributed by atoms with van der Waals surface area (Å²) in [6, 6.07) is 6.43. The Balaban J connectivity index is 1.06. The Morgan fingerprint density at radius 3 is 2.81 bits per heavy atom. The van der Waals surface area contributed by atoms with E-state index in [9.17, 15) is 4.79 Å². The minimum Gasteiger partial charge on any atom is -0.497 e. The molecule has 3 aliphatic rings. The highest BCUT2D eigenvalue weighted by Gasteiger charge is 2.43. The number of methoxy groups -OCH3 is 1. The van der Waals surface area contributed by atoms with Gasteiger partial charge in [-0.1, -0.05) is 0 Å². The monoisotopic (exact) mass is 516 g/mol. The number of hydrogen-bond acceptors (Lipinski definition) is 7. The van der Waals surface area contributed by atoms with Crippen LogP contribution >= 0.6 is 11.3 Å². The molecule has 1 saturated carbocycles. The summed E-state index contributed by atoms with van der Waals surface area (Å²) in [6.07, 6.45) is 5.44. The van der Waals surface area contributed by atoms with E-state index >= 15 is 4.39 Å². The van der Waals surface area contributed by atoms with E-state index < -0.39 is 5.67 Å². The first-order valence-corrected chi connectivity index (χ1v) is 13.9. The highest BCUT2D eigenvalue weighted by Crippen LogP contribution is 2.45. The van der Waals surface area contributed by atoms with Crippen LogP contribution in [0.3, 0.4) is 0 Å². The molecule has 0 spiro atoms. The van der Waals surface area contributed by atoms with Gasteiger partial charge in [0.25, 0.3) is 0 Å². The molecular weight excluding hydrogens is 479 g/mol. The van der Waals surface area contributed by atoms with Crippen molar-refractivity contribution >= 4 is 17.4 Å². The van der Waals surface area contributed by atoms with Crippen LogP contribution in [0.15, 0.2) is 24.4 Å². The zero-order valence-corrected chi connectivity index (χ0v) is 22.0. The van der Waals surface area contributed by atoms with Gasteiger partial charge in [0.2, 0.25) is 0 Å². The van der Waals surface area contributed by atoms with E-state index in [2.05, 4.69) is 28.6 Å². The molecule has 1 aromatic heterocycles. The second kappa shape index (κ2) is 11.0. The number of hydrogen-bond donors (Lipinski definition) is 2. The molecule has 3 heterocycles. The molecule has 2 atom stereocenters. The first-order chi connectivity index (χ1) is 17.4. The maximum atomic E-state index is 15.5. The number of aryl methyl sites for hydroxylation is 1. The van der Waals surface area contributed by atoms with Crippen molar-refractivity contribution in [2.75, 3.05) is 46.4 Å². The average molecular weight is 517 g/mol. The van der Waals surface area contributed by atoms with Crippen molar-refractivity contribution in [3.63, 3.8) is 0 Å². The SMILES string of the molecule is COc1cc(C)cc(-c2ncc(C3CC3NCC3(F)CCN(C(=O)OCC4CCNCC4)CC3)s2)c1. The van der Waals surface area contributed by atoms with Crippen molar-refractivity contribution < 1.29 is 18.7 Å². The summed E-state index contributed by atoms with van der Waals surface area (Å²) in [5, 5.41) is 7.75. The number of piperidine rings is 2. The molecule has 2 aliphatic heterocycles. The van der Waals surface area contributed by atoms with Crippen LogP contribution in [-0.2, 0) is 4.74 Å². The van der Waals surface area contributed by atoms with Crippen LogP contribution in [0.5, 0.6) is 5.75 Å². The summed E-state index contributed by atoms with van der Waals surface area (Å²) >= 11 is 1.71. The van der Waals surface area contributed by atoms with Gasteiger partial charge in [-0.25, -0.2) is 14.2 Å². The Morgan fingerprint density at radius 1 is 1.28 bits per heavy atom. The number of nitrogens with zero attached hydrogens (tertiary/aromatic N) is 2. The lowest BCUT2D eigenvalue weighted by Crippen LogP contribution is -2.49. The van der Waals surface area contributed by atoms with Gasteiger partial charge < -0.3 is 25.0 Å². The minimum absolute atomic E-state index is 0.283. The summed E-state index contributed by atoms with van der Waals surface area (Å²) in [5.74, 6) is 1.66. The van der Waals surface area contributed by atoms with Crippen LogP contribution in [0.1, 0.15) is 48.5 Å². The van der Waals surface area contributed by atoms with Gasteiger partial charge in [-0.3, -0.25) is 0 Å². The molecule has 7 nitrogen and oxygen atoms in total. The highest BCUT2D eigenvalue weighted by molar-refractivity contribution is 7.15. The summed E-state index contributed by atoms with van der Waals surface area (Å²) in [7, 11) is 1.68. The first-order valence-electron chi connectivity index (χ1n) is 13.1. The molecule has 0 bridgehead atoms. The number of nitrogens with one attached hydrogen (secondary N) is 2. The van der Waals surface area contributed by atoms with Crippen molar-refractivity contribution in [1.82, 2.24) is 20.5 Å². The standard InChI is InChI=1S/C27H37FN4O3S/c1-18-11-20(13-21(12-18)34-2)25-30-15-24(36-25)22-14-23(22)31-17-27(28)5-9-32(10-6-27)26(33)35-16-19-3-7-29-8-4-19/h11-13,15,19,22-23,29,31H,3-10,14,16-17H2,1-2H3. The van der Waals surface area contributed by atoms with Crippen molar-refractivity contribution in [2.24, 2.45) is 5.92 Å². The van der Waals surface area contributed by atoms with E-state index in [1.165, 1.54) is 4.88 Å². The van der Waals surface area contributed by atoms with E-state index in [-0.39, 0.29) is 12.1 Å². The second-order valence-electron chi connectivity index (χ2n) is 10.5. The number of thiazole rings is 1. The lowest BCUT2D eigenvalue weighted by molar-refractivity contribution is 0.0362. The van der Waals surface area contributed by atoms with Crippen LogP contribution in [0, 0.1) is 12.8 Å². The molecule has 196 valence electrons. The van der Waals surface area contributed by atoms with Gasteiger partial charge >= 0.3 is 6.09 Å². The summed E-state index contributed by atoms with van der Waals surface area (Å²) in [4.78, 5) is 20.0. The Bertz CT molecular complexity index is 1050. The zero-order valence-electron chi connectivity index (χ0n) is 21.2. The van der Waals surface area contributed by atoms with Gasteiger partial charge in [0.15, 0.2) is 0 Å². The van der Waals surface area contributed by atoms with Crippen LogP contribution in [-0.4, -0.2) is 74.1 Å². The predicted octanol–water partition coefficient (Wildman–Crippen LogP) is 4.51. The van der Waals surface area contributed by atoms with E-state index in [1.54, 1.807) is 23.3 Å². The summed E-state index contributed by atoms with van der Waals surface area (Å²) in [5.41, 5.74) is 0.925. The molecule has 1 aliphatic carbocycles. The molecule has 2 saturated heterocycles. The average Bonchev–Trinajstić information content (AvgIpc) is 3.51. The molecule has 2 unspecified atom stereocenters. The van der Waals surface area contributed by atoms with Gasteiger partial charge in [0, 0.05) is 61.1 Å². The Hall–Kier alpha value is -2.23. The minimum atomic E-state index is -1.28. The van der Waals surface area contributed by atoms with Crippen LogP contribution in [0.2, 0.25) is 0 Å². The van der Waals surface area contributed by atoms with Gasteiger partial charge in [-0.15, -0.1) is 11.3 Å². The van der Waals surface area contributed by atoms with Crippen LogP contribution in [0.4, 0.5) is 9.18 Å². The van der Waals surface area contributed by atoms with Gasteiger partial charge in [-0.05, 0) is 69.0 Å². The van der Waals surface area contributed by atoms with Crippen molar-refractivity contribution in [3.8, 4) is 16.3 Å². The first kappa shape index (κ1) is 25.4. The fraction of sp³-hybridized carbons (Fsp3) is 0.630. The van der Waals surface area contributed by atoms with Crippen LogP contribution in [0.25, 0.3) is 10.6 Å². The normalized spacial score (nSPS) is 23.9. The highest BCUT2D eigenvalue weighted by atomic mass is 32.1. The van der Waals surface area contributed by atoms with Gasteiger partial charge in [-0.2, -0.15) is 0 Å². The molecule has 1 amide bonds. The number of alkyl halides is 1. The maximum Gasteiger partial charge on any atom is 0.409 e. The fourth-order valence-electron chi connectivity index (χ4n) is 5.23. The smallest absolute Gasteiger partial charge is 0.409 e. The third-order valence-corrected chi connectivity index (χ3v) is 8.89. The lowest BCUT2D eigenvalue weighted by atomic mass is 9.93.